The van der Waals surface area contributed by atoms with Gasteiger partial charge in [0, 0.05) is 30.1 Å². The third kappa shape index (κ3) is 4.29. The van der Waals surface area contributed by atoms with Gasteiger partial charge in [-0.2, -0.15) is 0 Å². The second-order valence-corrected chi connectivity index (χ2v) is 5.51. The summed E-state index contributed by atoms with van der Waals surface area (Å²) in [6, 6.07) is 20.3. The highest BCUT2D eigenvalue weighted by molar-refractivity contribution is 6.04. The monoisotopic (exact) mass is 331 g/mol. The summed E-state index contributed by atoms with van der Waals surface area (Å²) in [5, 5.41) is 5.48. The molecule has 3 rings (SSSR count). The predicted molar refractivity (Wildman–Crippen MR) is 98.4 cm³/mol. The molecule has 25 heavy (non-hydrogen) atoms. The zero-order chi connectivity index (χ0) is 17.6. The molecule has 0 fully saturated rings. The molecule has 1 aromatic heterocycles. The van der Waals surface area contributed by atoms with Crippen LogP contribution in [0, 0.1) is 0 Å². The van der Waals surface area contributed by atoms with Gasteiger partial charge in [-0.25, -0.2) is 0 Å². The number of amides is 2. The Labute approximate surface area is 145 Å². The summed E-state index contributed by atoms with van der Waals surface area (Å²) in [5.41, 5.74) is 3.50. The minimum atomic E-state index is -0.257. The average Bonchev–Trinajstić information content (AvgIpc) is 2.62. The van der Waals surface area contributed by atoms with Gasteiger partial charge in [0.15, 0.2) is 0 Å². The van der Waals surface area contributed by atoms with Gasteiger partial charge in [-0.15, -0.1) is 0 Å². The quantitative estimate of drug-likeness (QED) is 0.760. The van der Waals surface area contributed by atoms with Crippen molar-refractivity contribution in [3.8, 4) is 11.3 Å². The maximum Gasteiger partial charge on any atom is 0.257 e. The van der Waals surface area contributed by atoms with Crippen LogP contribution in [0.25, 0.3) is 11.3 Å². The molecule has 0 atom stereocenters. The zero-order valence-corrected chi connectivity index (χ0v) is 13.7. The highest BCUT2D eigenvalue weighted by Gasteiger charge is 2.08. The Balaban J connectivity index is 1.72. The lowest BCUT2D eigenvalue weighted by Crippen LogP contribution is -2.13. The van der Waals surface area contributed by atoms with E-state index in [0.29, 0.717) is 16.9 Å². The molecule has 124 valence electrons. The summed E-state index contributed by atoms with van der Waals surface area (Å²) < 4.78 is 0. The Bertz CT molecular complexity index is 890. The minimum absolute atomic E-state index is 0.163. The largest absolute Gasteiger partial charge is 0.326 e. The smallest absolute Gasteiger partial charge is 0.257 e. The molecular weight excluding hydrogens is 314 g/mol. The highest BCUT2D eigenvalue weighted by atomic mass is 16.2. The number of hydrogen-bond donors (Lipinski definition) is 2. The SMILES string of the molecule is CC(=O)Nc1cccc(NC(=O)c2ccc(-c3ccccc3)nc2)c1. The van der Waals surface area contributed by atoms with Crippen LogP contribution in [0.3, 0.4) is 0 Å². The normalized spacial score (nSPS) is 10.1. The number of aromatic nitrogens is 1. The van der Waals surface area contributed by atoms with Crippen LogP contribution in [0.4, 0.5) is 11.4 Å². The Hall–Kier alpha value is -3.47. The molecule has 0 unspecified atom stereocenters. The predicted octanol–water partition coefficient (Wildman–Crippen LogP) is 3.96. The second kappa shape index (κ2) is 7.40. The fraction of sp³-hybridized carbons (Fsp3) is 0.0500. The van der Waals surface area contributed by atoms with E-state index in [1.807, 2.05) is 36.4 Å². The lowest BCUT2D eigenvalue weighted by Gasteiger charge is -2.08. The van der Waals surface area contributed by atoms with Crippen molar-refractivity contribution >= 4 is 23.2 Å². The number of nitrogens with zero attached hydrogens (tertiary/aromatic N) is 1. The topological polar surface area (TPSA) is 71.1 Å². The molecule has 0 radical (unpaired) electrons. The molecule has 2 amide bonds. The van der Waals surface area contributed by atoms with E-state index in [0.717, 1.165) is 11.3 Å². The van der Waals surface area contributed by atoms with Crippen molar-refractivity contribution in [1.82, 2.24) is 4.98 Å². The fourth-order valence-corrected chi connectivity index (χ4v) is 2.39. The first-order chi connectivity index (χ1) is 12.1. The number of nitrogens with one attached hydrogen (secondary N) is 2. The molecule has 0 saturated heterocycles. The number of pyridine rings is 1. The number of benzene rings is 2. The molecule has 0 bridgehead atoms. The van der Waals surface area contributed by atoms with Crippen molar-refractivity contribution in [1.29, 1.82) is 0 Å². The summed E-state index contributed by atoms with van der Waals surface area (Å²) in [6.45, 7) is 1.44. The molecule has 2 N–H and O–H groups in total. The second-order valence-electron chi connectivity index (χ2n) is 5.51. The highest BCUT2D eigenvalue weighted by Crippen LogP contribution is 2.18. The van der Waals surface area contributed by atoms with E-state index in [-0.39, 0.29) is 11.8 Å². The standard InChI is InChI=1S/C20H17N3O2/c1-14(24)22-17-8-5-9-18(12-17)23-20(25)16-10-11-19(21-13-16)15-6-3-2-4-7-15/h2-13H,1H3,(H,22,24)(H,23,25). The minimum Gasteiger partial charge on any atom is -0.326 e. The zero-order valence-electron chi connectivity index (χ0n) is 13.7. The molecule has 0 spiro atoms. The molecule has 2 aromatic carbocycles. The van der Waals surface area contributed by atoms with E-state index in [4.69, 9.17) is 0 Å². The van der Waals surface area contributed by atoms with E-state index < -0.39 is 0 Å². The van der Waals surface area contributed by atoms with Crippen LogP contribution in [0.1, 0.15) is 17.3 Å². The lowest BCUT2D eigenvalue weighted by molar-refractivity contribution is -0.114. The summed E-state index contributed by atoms with van der Waals surface area (Å²) in [7, 11) is 0. The first kappa shape index (κ1) is 16.4. The number of carbonyl (C=O) groups is 2. The third-order valence-corrected chi connectivity index (χ3v) is 3.54. The van der Waals surface area contributed by atoms with Gasteiger partial charge in [-0.1, -0.05) is 36.4 Å². The van der Waals surface area contributed by atoms with Crippen molar-refractivity contribution in [2.75, 3.05) is 10.6 Å². The number of rotatable bonds is 4. The molecule has 0 aliphatic rings. The molecule has 5 heteroatoms. The Kier molecular flexibility index (Phi) is 4.85. The van der Waals surface area contributed by atoms with Crippen molar-refractivity contribution in [3.63, 3.8) is 0 Å². The molecule has 0 saturated carbocycles. The van der Waals surface area contributed by atoms with E-state index in [1.54, 1.807) is 36.5 Å². The van der Waals surface area contributed by atoms with Crippen LogP contribution < -0.4 is 10.6 Å². The van der Waals surface area contributed by atoms with Crippen molar-refractivity contribution in [2.45, 2.75) is 6.92 Å². The lowest BCUT2D eigenvalue weighted by atomic mass is 10.1. The molecule has 1 heterocycles. The average molecular weight is 331 g/mol. The molecule has 5 nitrogen and oxygen atoms in total. The van der Waals surface area contributed by atoms with Gasteiger partial charge in [0.05, 0.1) is 11.3 Å². The van der Waals surface area contributed by atoms with E-state index in [2.05, 4.69) is 15.6 Å². The molecule has 0 aliphatic heterocycles. The number of carbonyl (C=O) groups excluding carboxylic acids is 2. The third-order valence-electron chi connectivity index (χ3n) is 3.54. The fourth-order valence-electron chi connectivity index (χ4n) is 2.39. The van der Waals surface area contributed by atoms with Gasteiger partial charge < -0.3 is 10.6 Å². The Morgan fingerprint density at radius 3 is 2.20 bits per heavy atom. The molecule has 3 aromatic rings. The van der Waals surface area contributed by atoms with Crippen LogP contribution in [-0.4, -0.2) is 16.8 Å². The Morgan fingerprint density at radius 2 is 1.56 bits per heavy atom. The summed E-state index contributed by atoms with van der Waals surface area (Å²) >= 11 is 0. The summed E-state index contributed by atoms with van der Waals surface area (Å²) in [4.78, 5) is 27.8. The van der Waals surface area contributed by atoms with Gasteiger partial charge >= 0.3 is 0 Å². The maximum absolute atomic E-state index is 12.4. The van der Waals surface area contributed by atoms with Gasteiger partial charge in [-0.3, -0.25) is 14.6 Å². The van der Waals surface area contributed by atoms with Gasteiger partial charge in [0.1, 0.15) is 0 Å². The first-order valence-corrected chi connectivity index (χ1v) is 7.82. The van der Waals surface area contributed by atoms with Crippen LogP contribution >= 0.6 is 0 Å². The van der Waals surface area contributed by atoms with Crippen molar-refractivity contribution < 1.29 is 9.59 Å². The molecule has 0 aliphatic carbocycles. The van der Waals surface area contributed by atoms with Gasteiger partial charge in [0.25, 0.3) is 5.91 Å². The Morgan fingerprint density at radius 1 is 0.840 bits per heavy atom. The van der Waals surface area contributed by atoms with E-state index >= 15 is 0 Å². The van der Waals surface area contributed by atoms with Crippen LogP contribution in [-0.2, 0) is 4.79 Å². The maximum atomic E-state index is 12.4. The van der Waals surface area contributed by atoms with Crippen LogP contribution in [0.5, 0.6) is 0 Å². The van der Waals surface area contributed by atoms with E-state index in [9.17, 15) is 9.59 Å². The van der Waals surface area contributed by atoms with Crippen LogP contribution in [0.2, 0.25) is 0 Å². The van der Waals surface area contributed by atoms with Crippen LogP contribution in [0.15, 0.2) is 72.9 Å². The summed E-state index contributed by atoms with van der Waals surface area (Å²) in [6.07, 6.45) is 1.55. The van der Waals surface area contributed by atoms with Gasteiger partial charge in [0.2, 0.25) is 5.91 Å². The summed E-state index contributed by atoms with van der Waals surface area (Å²) in [5.74, 6) is -0.420. The number of anilines is 2. The van der Waals surface area contributed by atoms with E-state index in [1.165, 1.54) is 6.92 Å². The van der Waals surface area contributed by atoms with Crippen molar-refractivity contribution in [3.05, 3.63) is 78.5 Å². The first-order valence-electron chi connectivity index (χ1n) is 7.82. The molecular formula is C20H17N3O2. The van der Waals surface area contributed by atoms with Gasteiger partial charge in [-0.05, 0) is 30.3 Å². The number of hydrogen-bond acceptors (Lipinski definition) is 3. The van der Waals surface area contributed by atoms with Crippen molar-refractivity contribution in [2.24, 2.45) is 0 Å².